The molecule has 2 aromatic carbocycles. The molecular weight excluding hydrogens is 386 g/mol. The molecule has 3 aromatic rings. The second-order valence-electron chi connectivity index (χ2n) is 5.39. The zero-order valence-corrected chi connectivity index (χ0v) is 15.7. The largest absolute Gasteiger partial charge is 0.480 e. The van der Waals surface area contributed by atoms with E-state index in [0.29, 0.717) is 15.2 Å². The highest BCUT2D eigenvalue weighted by atomic mass is 32.2. The fraction of sp³-hybridized carbons (Fsp3) is 0.167. The van der Waals surface area contributed by atoms with E-state index in [9.17, 15) is 4.79 Å². The molecule has 0 radical (unpaired) electrons. The topological polar surface area (TPSA) is 105 Å². The lowest BCUT2D eigenvalue weighted by Crippen LogP contribution is -2.17. The number of thioether (sulfide) groups is 1. The number of carboxylic acid groups (broad SMARTS) is 1. The third kappa shape index (κ3) is 5.68. The van der Waals surface area contributed by atoms with Gasteiger partial charge in [0, 0.05) is 12.3 Å². The molecule has 9 heteroatoms. The molecule has 3 N–H and O–H groups in total. The molecule has 1 heterocycles. The number of rotatable bonds is 9. The maximum Gasteiger partial charge on any atom is 0.317 e. The lowest BCUT2D eigenvalue weighted by atomic mass is 10.3. The second-order valence-corrected chi connectivity index (χ2v) is 7.82. The van der Waals surface area contributed by atoms with Gasteiger partial charge in [-0.25, -0.2) is 0 Å². The summed E-state index contributed by atoms with van der Waals surface area (Å²) in [5, 5.41) is 29.0. The van der Waals surface area contributed by atoms with Gasteiger partial charge in [-0.3, -0.25) is 4.79 Å². The van der Waals surface area contributed by atoms with Gasteiger partial charge in [0.1, 0.15) is 16.7 Å². The average molecular weight is 403 g/mol. The van der Waals surface area contributed by atoms with Crippen LogP contribution in [0, 0.1) is 0 Å². The van der Waals surface area contributed by atoms with Gasteiger partial charge in [-0.05, 0) is 42.8 Å². The number of hydrogen-bond acceptors (Lipinski definition) is 8. The highest BCUT2D eigenvalue weighted by molar-refractivity contribution is 8.02. The molecule has 1 aromatic heterocycles. The van der Waals surface area contributed by atoms with E-state index in [2.05, 4.69) is 15.5 Å². The minimum atomic E-state index is -0.979. The molecule has 1 atom stereocenters. The smallest absolute Gasteiger partial charge is 0.317 e. The Hall–Kier alpha value is -2.62. The molecular formula is C18H17N3O4S2. The van der Waals surface area contributed by atoms with Crippen molar-refractivity contribution in [2.45, 2.75) is 16.0 Å². The van der Waals surface area contributed by atoms with E-state index < -0.39 is 11.2 Å². The van der Waals surface area contributed by atoms with Crippen LogP contribution in [-0.2, 0) is 4.79 Å². The zero-order valence-electron chi connectivity index (χ0n) is 14.1. The third-order valence-corrected chi connectivity index (χ3v) is 5.58. The zero-order chi connectivity index (χ0) is 19.1. The van der Waals surface area contributed by atoms with Crippen LogP contribution in [0.3, 0.4) is 0 Å². The number of ether oxygens (including phenoxy) is 1. The number of nitrogens with one attached hydrogen (secondary N) is 1. The summed E-state index contributed by atoms with van der Waals surface area (Å²) in [5.74, 6) is 0.501. The van der Waals surface area contributed by atoms with Crippen molar-refractivity contribution in [2.75, 3.05) is 11.9 Å². The first-order chi connectivity index (χ1) is 13.1. The summed E-state index contributed by atoms with van der Waals surface area (Å²) in [6.45, 7) is -0.189. The van der Waals surface area contributed by atoms with Crippen molar-refractivity contribution in [3.05, 3.63) is 54.6 Å². The minimum Gasteiger partial charge on any atom is -0.480 e. The number of carboxylic acids is 1. The summed E-state index contributed by atoms with van der Waals surface area (Å²) in [5.41, 5.74) is 0.813. The Bertz CT molecular complexity index is 872. The summed E-state index contributed by atoms with van der Waals surface area (Å²) in [6.07, 6.45) is 0.158. The van der Waals surface area contributed by atoms with E-state index in [-0.39, 0.29) is 13.0 Å². The lowest BCUT2D eigenvalue weighted by molar-refractivity contribution is -0.136. The Kier molecular flexibility index (Phi) is 6.64. The van der Waals surface area contributed by atoms with Crippen LogP contribution in [0.1, 0.15) is 6.42 Å². The van der Waals surface area contributed by atoms with E-state index in [0.717, 1.165) is 23.2 Å². The van der Waals surface area contributed by atoms with Crippen LogP contribution in [0.15, 0.2) is 58.9 Å². The number of para-hydroxylation sites is 1. The maximum absolute atomic E-state index is 11.2. The van der Waals surface area contributed by atoms with Crippen LogP contribution in [0.2, 0.25) is 0 Å². The van der Waals surface area contributed by atoms with E-state index in [1.54, 1.807) is 0 Å². The first kappa shape index (κ1) is 19.2. The van der Waals surface area contributed by atoms with Crippen LogP contribution in [0.5, 0.6) is 11.5 Å². The Labute approximate surface area is 164 Å². The van der Waals surface area contributed by atoms with Gasteiger partial charge < -0.3 is 20.3 Å². The highest BCUT2D eigenvalue weighted by Gasteiger charge is 2.20. The number of aliphatic carboxylic acids is 1. The molecule has 7 nitrogen and oxygen atoms in total. The van der Waals surface area contributed by atoms with Crippen molar-refractivity contribution in [1.82, 2.24) is 10.2 Å². The lowest BCUT2D eigenvalue weighted by Gasteiger charge is -2.07. The normalized spacial score (nSPS) is 11.7. The summed E-state index contributed by atoms with van der Waals surface area (Å²) in [7, 11) is 0. The van der Waals surface area contributed by atoms with Crippen LogP contribution < -0.4 is 10.1 Å². The monoisotopic (exact) mass is 403 g/mol. The standard InChI is InChI=1S/C18H17N3O4S2/c22-11-10-15(16(23)24)26-18-21-20-17(27-18)19-12-6-8-14(9-7-12)25-13-4-2-1-3-5-13/h1-9,15,22H,10-11H2,(H,19,20)(H,23,24). The van der Waals surface area contributed by atoms with Crippen molar-refractivity contribution < 1.29 is 19.7 Å². The number of carbonyl (C=O) groups is 1. The predicted molar refractivity (Wildman–Crippen MR) is 105 cm³/mol. The van der Waals surface area contributed by atoms with Gasteiger partial charge in [0.05, 0.1) is 0 Å². The molecule has 0 aliphatic heterocycles. The van der Waals surface area contributed by atoms with Crippen molar-refractivity contribution in [1.29, 1.82) is 0 Å². The maximum atomic E-state index is 11.2. The average Bonchev–Trinajstić information content (AvgIpc) is 3.11. The number of anilines is 2. The van der Waals surface area contributed by atoms with Crippen molar-refractivity contribution in [3.63, 3.8) is 0 Å². The number of nitrogens with zero attached hydrogens (tertiary/aromatic N) is 2. The SMILES string of the molecule is O=C(O)C(CCO)Sc1nnc(Nc2ccc(Oc3ccccc3)cc2)s1. The molecule has 0 fully saturated rings. The van der Waals surface area contributed by atoms with Gasteiger partial charge in [-0.2, -0.15) is 0 Å². The molecule has 1 unspecified atom stereocenters. The molecule has 140 valence electrons. The number of benzene rings is 2. The number of aliphatic hydroxyl groups excluding tert-OH is 1. The Morgan fingerprint density at radius 2 is 1.81 bits per heavy atom. The Morgan fingerprint density at radius 1 is 1.11 bits per heavy atom. The fourth-order valence-electron chi connectivity index (χ4n) is 2.13. The van der Waals surface area contributed by atoms with Gasteiger partial charge in [0.25, 0.3) is 0 Å². The minimum absolute atomic E-state index is 0.158. The highest BCUT2D eigenvalue weighted by Crippen LogP contribution is 2.32. The molecule has 0 bridgehead atoms. The quantitative estimate of drug-likeness (QED) is 0.461. The second kappa shape index (κ2) is 9.36. The van der Waals surface area contributed by atoms with Crippen LogP contribution in [0.25, 0.3) is 0 Å². The molecule has 0 saturated heterocycles. The van der Waals surface area contributed by atoms with Crippen molar-refractivity contribution in [3.8, 4) is 11.5 Å². The van der Waals surface area contributed by atoms with E-state index in [1.165, 1.54) is 11.3 Å². The molecule has 0 amide bonds. The summed E-state index contributed by atoms with van der Waals surface area (Å²) >= 11 is 2.34. The summed E-state index contributed by atoms with van der Waals surface area (Å²) in [4.78, 5) is 11.2. The van der Waals surface area contributed by atoms with Crippen molar-refractivity contribution in [2.24, 2.45) is 0 Å². The van der Waals surface area contributed by atoms with Crippen LogP contribution >= 0.6 is 23.1 Å². The molecule has 0 saturated carbocycles. The van der Waals surface area contributed by atoms with E-state index in [4.69, 9.17) is 14.9 Å². The fourth-order valence-corrected chi connectivity index (χ4v) is 4.06. The van der Waals surface area contributed by atoms with E-state index >= 15 is 0 Å². The van der Waals surface area contributed by atoms with Crippen LogP contribution in [-0.4, -0.2) is 38.2 Å². The number of hydrogen-bond donors (Lipinski definition) is 3. The molecule has 0 spiro atoms. The first-order valence-corrected chi connectivity index (χ1v) is 9.77. The Balaban J connectivity index is 1.59. The van der Waals surface area contributed by atoms with Gasteiger partial charge in [-0.15, -0.1) is 10.2 Å². The van der Waals surface area contributed by atoms with Gasteiger partial charge in [-0.1, -0.05) is 41.3 Å². The van der Waals surface area contributed by atoms with Crippen LogP contribution in [0.4, 0.5) is 10.8 Å². The van der Waals surface area contributed by atoms with Gasteiger partial charge in [0.2, 0.25) is 5.13 Å². The molecule has 0 aliphatic carbocycles. The number of aromatic nitrogens is 2. The predicted octanol–water partition coefficient (Wildman–Crippen LogP) is 4.00. The summed E-state index contributed by atoms with van der Waals surface area (Å²) < 4.78 is 6.27. The molecule has 27 heavy (non-hydrogen) atoms. The van der Waals surface area contributed by atoms with Gasteiger partial charge >= 0.3 is 5.97 Å². The van der Waals surface area contributed by atoms with Gasteiger partial charge in [0.15, 0.2) is 4.34 Å². The molecule has 3 rings (SSSR count). The Morgan fingerprint density at radius 3 is 2.48 bits per heavy atom. The van der Waals surface area contributed by atoms with E-state index in [1.807, 2.05) is 54.6 Å². The van der Waals surface area contributed by atoms with Crippen molar-refractivity contribution >= 4 is 39.9 Å². The third-order valence-electron chi connectivity index (χ3n) is 3.40. The first-order valence-electron chi connectivity index (χ1n) is 8.08. The summed E-state index contributed by atoms with van der Waals surface area (Å²) in [6, 6.07) is 16.9. The number of aliphatic hydroxyl groups is 1. The molecule has 0 aliphatic rings.